The Bertz CT molecular complexity index is 725. The minimum atomic E-state index is -0.441. The zero-order valence-electron chi connectivity index (χ0n) is 15.3. The van der Waals surface area contributed by atoms with Crippen molar-refractivity contribution in [2.24, 2.45) is 0 Å². The average Bonchev–Trinajstić information content (AvgIpc) is 2.67. The SMILES string of the molecule is Cl.O=C(CC1NCCN(Cc2ccccc2)C1=O)NCCc1ccccc1. The molecule has 6 heteroatoms. The maximum Gasteiger partial charge on any atom is 0.240 e. The van der Waals surface area contributed by atoms with Crippen molar-refractivity contribution in [3.63, 3.8) is 0 Å². The van der Waals surface area contributed by atoms with Crippen LogP contribution in [0, 0.1) is 0 Å². The molecule has 0 saturated carbocycles. The molecule has 0 bridgehead atoms. The minimum Gasteiger partial charge on any atom is -0.356 e. The lowest BCUT2D eigenvalue weighted by Gasteiger charge is -2.33. The first-order valence-electron chi connectivity index (χ1n) is 9.09. The molecule has 1 aliphatic heterocycles. The van der Waals surface area contributed by atoms with Crippen molar-refractivity contribution >= 4 is 24.2 Å². The molecule has 2 amide bonds. The number of nitrogens with zero attached hydrogens (tertiary/aromatic N) is 1. The van der Waals surface area contributed by atoms with E-state index >= 15 is 0 Å². The number of benzene rings is 2. The number of amides is 2. The number of carbonyl (C=O) groups excluding carboxylic acids is 2. The first kappa shape index (κ1) is 20.9. The second kappa shape index (κ2) is 10.7. The average molecular weight is 388 g/mol. The van der Waals surface area contributed by atoms with Crippen molar-refractivity contribution in [2.75, 3.05) is 19.6 Å². The zero-order valence-corrected chi connectivity index (χ0v) is 16.1. The van der Waals surface area contributed by atoms with E-state index in [4.69, 9.17) is 0 Å². The van der Waals surface area contributed by atoms with Crippen molar-refractivity contribution < 1.29 is 9.59 Å². The van der Waals surface area contributed by atoms with Gasteiger partial charge in [0.05, 0.1) is 12.5 Å². The molecule has 3 rings (SSSR count). The molecule has 144 valence electrons. The molecule has 1 atom stereocenters. The highest BCUT2D eigenvalue weighted by Gasteiger charge is 2.29. The molecule has 2 N–H and O–H groups in total. The maximum atomic E-state index is 12.6. The highest BCUT2D eigenvalue weighted by molar-refractivity contribution is 5.88. The lowest BCUT2D eigenvalue weighted by atomic mass is 10.1. The van der Waals surface area contributed by atoms with Gasteiger partial charge in [-0.2, -0.15) is 0 Å². The molecule has 2 aromatic carbocycles. The van der Waals surface area contributed by atoms with Gasteiger partial charge in [-0.1, -0.05) is 60.7 Å². The Morgan fingerprint density at radius 2 is 1.67 bits per heavy atom. The summed E-state index contributed by atoms with van der Waals surface area (Å²) in [5.41, 5.74) is 2.29. The van der Waals surface area contributed by atoms with Crippen molar-refractivity contribution in [3.05, 3.63) is 71.8 Å². The Balaban J connectivity index is 0.00000261. The normalized spacial score (nSPS) is 16.5. The van der Waals surface area contributed by atoms with Crippen molar-refractivity contribution in [3.8, 4) is 0 Å². The molecule has 0 spiro atoms. The van der Waals surface area contributed by atoms with Crippen LogP contribution in [0.15, 0.2) is 60.7 Å². The van der Waals surface area contributed by atoms with Crippen LogP contribution in [0.4, 0.5) is 0 Å². The van der Waals surface area contributed by atoms with Gasteiger partial charge in [0.25, 0.3) is 0 Å². The summed E-state index contributed by atoms with van der Waals surface area (Å²) in [6.45, 7) is 2.55. The highest BCUT2D eigenvalue weighted by Crippen LogP contribution is 2.10. The molecule has 1 saturated heterocycles. The summed E-state index contributed by atoms with van der Waals surface area (Å²) >= 11 is 0. The third-order valence-electron chi connectivity index (χ3n) is 4.57. The summed E-state index contributed by atoms with van der Waals surface area (Å²) in [7, 11) is 0. The Morgan fingerprint density at radius 1 is 1.04 bits per heavy atom. The monoisotopic (exact) mass is 387 g/mol. The van der Waals surface area contributed by atoms with E-state index in [1.54, 1.807) is 0 Å². The predicted octanol–water partition coefficient (Wildman–Crippen LogP) is 2.16. The first-order chi connectivity index (χ1) is 12.7. The van der Waals surface area contributed by atoms with Gasteiger partial charge in [0.15, 0.2) is 0 Å². The number of hydrogen-bond acceptors (Lipinski definition) is 3. The molecule has 1 heterocycles. The number of halogens is 1. The Morgan fingerprint density at radius 3 is 2.33 bits per heavy atom. The largest absolute Gasteiger partial charge is 0.356 e. The second-order valence-electron chi connectivity index (χ2n) is 6.54. The lowest BCUT2D eigenvalue weighted by Crippen LogP contribution is -2.55. The van der Waals surface area contributed by atoms with Crippen LogP contribution in [-0.4, -0.2) is 42.4 Å². The molecule has 0 aromatic heterocycles. The molecule has 2 aromatic rings. The van der Waals surface area contributed by atoms with E-state index in [0.29, 0.717) is 26.2 Å². The molecule has 27 heavy (non-hydrogen) atoms. The summed E-state index contributed by atoms with van der Waals surface area (Å²) in [5.74, 6) is -0.0911. The van der Waals surface area contributed by atoms with E-state index < -0.39 is 6.04 Å². The van der Waals surface area contributed by atoms with Crippen LogP contribution in [-0.2, 0) is 22.6 Å². The van der Waals surface area contributed by atoms with Gasteiger partial charge in [0, 0.05) is 26.2 Å². The van der Waals surface area contributed by atoms with E-state index in [9.17, 15) is 9.59 Å². The van der Waals surface area contributed by atoms with E-state index in [2.05, 4.69) is 10.6 Å². The number of nitrogens with one attached hydrogen (secondary N) is 2. The van der Waals surface area contributed by atoms with Crippen LogP contribution in [0.25, 0.3) is 0 Å². The van der Waals surface area contributed by atoms with Gasteiger partial charge in [-0.25, -0.2) is 0 Å². The second-order valence-corrected chi connectivity index (χ2v) is 6.54. The Hall–Kier alpha value is -2.37. The third kappa shape index (κ3) is 6.38. The van der Waals surface area contributed by atoms with Gasteiger partial charge < -0.3 is 15.5 Å². The fourth-order valence-corrected chi connectivity index (χ4v) is 3.16. The summed E-state index contributed by atoms with van der Waals surface area (Å²) in [5, 5.41) is 6.09. The minimum absolute atomic E-state index is 0. The van der Waals surface area contributed by atoms with Crippen LogP contribution in [0.5, 0.6) is 0 Å². The van der Waals surface area contributed by atoms with Crippen LogP contribution < -0.4 is 10.6 Å². The number of piperazine rings is 1. The molecule has 1 aliphatic rings. The third-order valence-corrected chi connectivity index (χ3v) is 4.57. The molecule has 5 nitrogen and oxygen atoms in total. The molecule has 1 fully saturated rings. The van der Waals surface area contributed by atoms with Gasteiger partial charge in [0.2, 0.25) is 11.8 Å². The number of carbonyl (C=O) groups is 2. The van der Waals surface area contributed by atoms with E-state index in [-0.39, 0.29) is 30.6 Å². The van der Waals surface area contributed by atoms with Gasteiger partial charge in [-0.05, 0) is 17.5 Å². The quantitative estimate of drug-likeness (QED) is 0.765. The predicted molar refractivity (Wildman–Crippen MR) is 109 cm³/mol. The van der Waals surface area contributed by atoms with E-state index in [1.807, 2.05) is 65.6 Å². The lowest BCUT2D eigenvalue weighted by molar-refractivity contribution is -0.138. The fourth-order valence-electron chi connectivity index (χ4n) is 3.16. The topological polar surface area (TPSA) is 61.4 Å². The van der Waals surface area contributed by atoms with E-state index in [1.165, 1.54) is 5.56 Å². The van der Waals surface area contributed by atoms with Gasteiger partial charge in [-0.3, -0.25) is 9.59 Å². The molecular weight excluding hydrogens is 362 g/mol. The summed E-state index contributed by atoms with van der Waals surface area (Å²) < 4.78 is 0. The number of rotatable bonds is 7. The Labute approximate surface area is 166 Å². The zero-order chi connectivity index (χ0) is 18.2. The standard InChI is InChI=1S/C21H25N3O2.ClH/c25-20(23-12-11-17-7-3-1-4-8-17)15-19-21(26)24(14-13-22-19)16-18-9-5-2-6-10-18;/h1-10,19,22H,11-16H2,(H,23,25);1H. The Kier molecular flexibility index (Phi) is 8.30. The van der Waals surface area contributed by atoms with Crippen molar-refractivity contribution in [1.82, 2.24) is 15.5 Å². The van der Waals surface area contributed by atoms with Gasteiger partial charge in [0.1, 0.15) is 0 Å². The van der Waals surface area contributed by atoms with Crippen LogP contribution in [0.1, 0.15) is 17.5 Å². The summed E-state index contributed by atoms with van der Waals surface area (Å²) in [4.78, 5) is 26.7. The van der Waals surface area contributed by atoms with E-state index in [0.717, 1.165) is 12.0 Å². The fraction of sp³-hybridized carbons (Fsp3) is 0.333. The molecule has 1 unspecified atom stereocenters. The first-order valence-corrected chi connectivity index (χ1v) is 9.09. The van der Waals surface area contributed by atoms with Crippen molar-refractivity contribution in [2.45, 2.75) is 25.4 Å². The van der Waals surface area contributed by atoms with Crippen LogP contribution >= 0.6 is 12.4 Å². The summed E-state index contributed by atoms with van der Waals surface area (Å²) in [6, 6.07) is 19.5. The summed E-state index contributed by atoms with van der Waals surface area (Å²) in [6.07, 6.45) is 0.970. The van der Waals surface area contributed by atoms with Gasteiger partial charge >= 0.3 is 0 Å². The van der Waals surface area contributed by atoms with Crippen LogP contribution in [0.3, 0.4) is 0 Å². The molecule has 0 radical (unpaired) electrons. The van der Waals surface area contributed by atoms with Crippen LogP contribution in [0.2, 0.25) is 0 Å². The van der Waals surface area contributed by atoms with Crippen molar-refractivity contribution in [1.29, 1.82) is 0 Å². The van der Waals surface area contributed by atoms with Gasteiger partial charge in [-0.15, -0.1) is 12.4 Å². The number of hydrogen-bond donors (Lipinski definition) is 2. The maximum absolute atomic E-state index is 12.6. The highest BCUT2D eigenvalue weighted by atomic mass is 35.5. The molecule has 0 aliphatic carbocycles. The molecular formula is C21H26ClN3O2. The smallest absolute Gasteiger partial charge is 0.240 e.